The molecule has 0 radical (unpaired) electrons. The molecule has 98 valence electrons. The number of nitrogens with one attached hydrogen (secondary N) is 2. The summed E-state index contributed by atoms with van der Waals surface area (Å²) in [5.41, 5.74) is 5.15. The molecule has 0 spiro atoms. The van der Waals surface area contributed by atoms with Crippen molar-refractivity contribution in [2.75, 3.05) is 5.43 Å². The van der Waals surface area contributed by atoms with Crippen molar-refractivity contribution in [2.45, 2.75) is 45.1 Å². The molecule has 0 aromatic heterocycles. The Labute approximate surface area is 108 Å². The number of hydrogen-bond donors (Lipinski definition) is 3. The summed E-state index contributed by atoms with van der Waals surface area (Å²) in [6.45, 7) is 1.94. The number of nitrogens with two attached hydrogens (primary N) is 1. The highest BCUT2D eigenvalue weighted by molar-refractivity contribution is 5.95. The molecule has 2 rings (SSSR count). The molecule has 4 nitrogen and oxygen atoms in total. The first-order valence-electron chi connectivity index (χ1n) is 6.59. The number of rotatable bonds is 3. The van der Waals surface area contributed by atoms with E-state index in [0.29, 0.717) is 11.6 Å². The van der Waals surface area contributed by atoms with Crippen LogP contribution in [-0.4, -0.2) is 11.9 Å². The number of aryl methyl sites for hydroxylation is 1. The van der Waals surface area contributed by atoms with Crippen molar-refractivity contribution in [2.24, 2.45) is 5.84 Å². The summed E-state index contributed by atoms with van der Waals surface area (Å²) in [5.74, 6) is 5.40. The molecular formula is C14H21N3O. The van der Waals surface area contributed by atoms with E-state index in [1.165, 1.54) is 19.3 Å². The van der Waals surface area contributed by atoms with Gasteiger partial charge in [-0.15, -0.1) is 0 Å². The molecule has 0 atom stereocenters. The maximum absolute atomic E-state index is 12.1. The third-order valence-electron chi connectivity index (χ3n) is 3.58. The molecule has 0 bridgehead atoms. The fourth-order valence-corrected chi connectivity index (χ4v) is 2.48. The van der Waals surface area contributed by atoms with Gasteiger partial charge < -0.3 is 10.7 Å². The first kappa shape index (κ1) is 12.9. The topological polar surface area (TPSA) is 67.2 Å². The van der Waals surface area contributed by atoms with Gasteiger partial charge in [0.05, 0.1) is 5.69 Å². The van der Waals surface area contributed by atoms with Crippen LogP contribution >= 0.6 is 0 Å². The lowest BCUT2D eigenvalue weighted by Gasteiger charge is -2.22. The van der Waals surface area contributed by atoms with E-state index in [1.807, 2.05) is 19.1 Å². The van der Waals surface area contributed by atoms with E-state index in [1.54, 1.807) is 6.07 Å². The molecule has 0 aliphatic heterocycles. The van der Waals surface area contributed by atoms with Gasteiger partial charge in [0.15, 0.2) is 0 Å². The number of carbonyl (C=O) groups is 1. The summed E-state index contributed by atoms with van der Waals surface area (Å²) in [4.78, 5) is 12.1. The van der Waals surface area contributed by atoms with Gasteiger partial charge in [0.1, 0.15) is 0 Å². The van der Waals surface area contributed by atoms with Crippen LogP contribution in [0.25, 0.3) is 0 Å². The number of benzene rings is 1. The normalized spacial score (nSPS) is 16.3. The number of amides is 1. The van der Waals surface area contributed by atoms with Crippen LogP contribution in [0.2, 0.25) is 0 Å². The minimum atomic E-state index is 0.0218. The van der Waals surface area contributed by atoms with Gasteiger partial charge in [0.2, 0.25) is 0 Å². The van der Waals surface area contributed by atoms with Crippen LogP contribution in [0, 0.1) is 6.92 Å². The number of nitrogen functional groups attached to an aromatic ring is 1. The number of anilines is 1. The van der Waals surface area contributed by atoms with Gasteiger partial charge >= 0.3 is 0 Å². The molecule has 4 heteroatoms. The average Bonchev–Trinajstić information content (AvgIpc) is 2.39. The molecule has 0 unspecified atom stereocenters. The summed E-state index contributed by atoms with van der Waals surface area (Å²) in [7, 11) is 0. The van der Waals surface area contributed by atoms with Crippen LogP contribution in [0.3, 0.4) is 0 Å². The Morgan fingerprint density at radius 3 is 2.61 bits per heavy atom. The Morgan fingerprint density at radius 2 is 2.00 bits per heavy atom. The highest BCUT2D eigenvalue weighted by Crippen LogP contribution is 2.19. The zero-order chi connectivity index (χ0) is 13.0. The van der Waals surface area contributed by atoms with E-state index < -0.39 is 0 Å². The molecule has 1 aromatic rings. The second-order valence-corrected chi connectivity index (χ2v) is 4.98. The maximum atomic E-state index is 12.1. The Balaban J connectivity index is 2.01. The average molecular weight is 247 g/mol. The van der Waals surface area contributed by atoms with Crippen LogP contribution in [0.15, 0.2) is 18.2 Å². The molecule has 1 aliphatic rings. The summed E-state index contributed by atoms with van der Waals surface area (Å²) in [6.07, 6.45) is 5.95. The molecule has 0 saturated heterocycles. The Bertz CT molecular complexity index is 425. The van der Waals surface area contributed by atoms with Gasteiger partial charge in [-0.3, -0.25) is 10.6 Å². The van der Waals surface area contributed by atoms with Gasteiger partial charge in [-0.25, -0.2) is 0 Å². The zero-order valence-corrected chi connectivity index (χ0v) is 10.8. The summed E-state index contributed by atoms with van der Waals surface area (Å²) < 4.78 is 0. The quantitative estimate of drug-likeness (QED) is 0.567. The summed E-state index contributed by atoms with van der Waals surface area (Å²) >= 11 is 0. The molecule has 18 heavy (non-hydrogen) atoms. The monoisotopic (exact) mass is 247 g/mol. The van der Waals surface area contributed by atoms with Crippen LogP contribution in [-0.2, 0) is 0 Å². The standard InChI is InChI=1S/C14H21N3O/c1-10-9-11(7-8-13(10)17-15)14(18)16-12-5-3-2-4-6-12/h7-9,12,17H,2-6,15H2,1H3,(H,16,18). The van der Waals surface area contributed by atoms with E-state index in [4.69, 9.17) is 5.84 Å². The molecule has 1 amide bonds. The van der Waals surface area contributed by atoms with Crippen molar-refractivity contribution in [3.05, 3.63) is 29.3 Å². The molecule has 1 saturated carbocycles. The van der Waals surface area contributed by atoms with Gasteiger partial charge in [-0.1, -0.05) is 19.3 Å². The van der Waals surface area contributed by atoms with E-state index in [-0.39, 0.29) is 5.91 Å². The number of hydrazine groups is 1. The Kier molecular flexibility index (Phi) is 4.20. The fraction of sp³-hybridized carbons (Fsp3) is 0.500. The molecule has 1 aliphatic carbocycles. The van der Waals surface area contributed by atoms with Crippen molar-refractivity contribution in [3.63, 3.8) is 0 Å². The van der Waals surface area contributed by atoms with Gasteiger partial charge in [0, 0.05) is 11.6 Å². The largest absolute Gasteiger partial charge is 0.349 e. The maximum Gasteiger partial charge on any atom is 0.251 e. The fourth-order valence-electron chi connectivity index (χ4n) is 2.48. The van der Waals surface area contributed by atoms with E-state index in [2.05, 4.69) is 10.7 Å². The van der Waals surface area contributed by atoms with Crippen molar-refractivity contribution < 1.29 is 4.79 Å². The van der Waals surface area contributed by atoms with Crippen LogP contribution in [0.5, 0.6) is 0 Å². The van der Waals surface area contributed by atoms with Gasteiger partial charge in [-0.05, 0) is 43.5 Å². The van der Waals surface area contributed by atoms with Gasteiger partial charge in [-0.2, -0.15) is 0 Å². The minimum Gasteiger partial charge on any atom is -0.349 e. The summed E-state index contributed by atoms with van der Waals surface area (Å²) in [5, 5.41) is 3.11. The lowest BCUT2D eigenvalue weighted by atomic mass is 9.95. The first-order valence-corrected chi connectivity index (χ1v) is 6.59. The Morgan fingerprint density at radius 1 is 1.28 bits per heavy atom. The third-order valence-corrected chi connectivity index (χ3v) is 3.58. The second-order valence-electron chi connectivity index (χ2n) is 4.98. The minimum absolute atomic E-state index is 0.0218. The SMILES string of the molecule is Cc1cc(C(=O)NC2CCCCC2)ccc1NN. The molecule has 0 heterocycles. The van der Waals surface area contributed by atoms with E-state index in [0.717, 1.165) is 24.1 Å². The molecule has 1 aromatic carbocycles. The smallest absolute Gasteiger partial charge is 0.251 e. The van der Waals surface area contributed by atoms with Crippen molar-refractivity contribution >= 4 is 11.6 Å². The summed E-state index contributed by atoms with van der Waals surface area (Å²) in [6, 6.07) is 5.86. The van der Waals surface area contributed by atoms with Crippen molar-refractivity contribution in [1.82, 2.24) is 5.32 Å². The number of carbonyl (C=O) groups excluding carboxylic acids is 1. The second kappa shape index (κ2) is 5.87. The van der Waals surface area contributed by atoms with Crippen LogP contribution in [0.1, 0.15) is 48.0 Å². The van der Waals surface area contributed by atoms with Crippen LogP contribution < -0.4 is 16.6 Å². The van der Waals surface area contributed by atoms with Crippen molar-refractivity contribution in [1.29, 1.82) is 0 Å². The van der Waals surface area contributed by atoms with Crippen molar-refractivity contribution in [3.8, 4) is 0 Å². The van der Waals surface area contributed by atoms with E-state index in [9.17, 15) is 4.79 Å². The predicted molar refractivity (Wildman–Crippen MR) is 73.3 cm³/mol. The molecule has 4 N–H and O–H groups in total. The third kappa shape index (κ3) is 3.01. The Hall–Kier alpha value is -1.55. The van der Waals surface area contributed by atoms with Gasteiger partial charge in [0.25, 0.3) is 5.91 Å². The highest BCUT2D eigenvalue weighted by atomic mass is 16.1. The lowest BCUT2D eigenvalue weighted by Crippen LogP contribution is -2.36. The first-order chi connectivity index (χ1) is 8.70. The predicted octanol–water partition coefficient (Wildman–Crippen LogP) is 2.34. The van der Waals surface area contributed by atoms with Crippen LogP contribution in [0.4, 0.5) is 5.69 Å². The highest BCUT2D eigenvalue weighted by Gasteiger charge is 2.16. The number of hydrogen-bond acceptors (Lipinski definition) is 3. The molecular weight excluding hydrogens is 226 g/mol. The molecule has 1 fully saturated rings. The lowest BCUT2D eigenvalue weighted by molar-refractivity contribution is 0.0927. The zero-order valence-electron chi connectivity index (χ0n) is 10.8. The van der Waals surface area contributed by atoms with E-state index >= 15 is 0 Å².